The van der Waals surface area contributed by atoms with Gasteiger partial charge in [0.25, 0.3) is 0 Å². The van der Waals surface area contributed by atoms with Crippen molar-refractivity contribution in [3.63, 3.8) is 0 Å². The number of hydrogen-bond donors (Lipinski definition) is 1. The van der Waals surface area contributed by atoms with Gasteiger partial charge >= 0.3 is 0 Å². The first-order valence-electron chi connectivity index (χ1n) is 6.74. The van der Waals surface area contributed by atoms with Crippen LogP contribution in [0.25, 0.3) is 0 Å². The van der Waals surface area contributed by atoms with Gasteiger partial charge in [0.15, 0.2) is 5.82 Å². The number of likely N-dealkylation sites (tertiary alicyclic amines) is 1. The normalized spacial score (nSPS) is 20.1. The minimum atomic E-state index is -0.0764. The van der Waals surface area contributed by atoms with E-state index in [0.29, 0.717) is 11.8 Å². The highest BCUT2D eigenvalue weighted by molar-refractivity contribution is 5.85. The summed E-state index contributed by atoms with van der Waals surface area (Å²) in [5, 5.41) is 4.07. The maximum Gasteiger partial charge on any atom is 0.232 e. The summed E-state index contributed by atoms with van der Waals surface area (Å²) in [4.78, 5) is 6.85. The number of halogens is 2. The number of hydrogen-bond acceptors (Lipinski definition) is 5. The van der Waals surface area contributed by atoms with Crippen LogP contribution in [0.3, 0.4) is 0 Å². The van der Waals surface area contributed by atoms with Crippen molar-refractivity contribution in [1.29, 1.82) is 0 Å². The van der Waals surface area contributed by atoms with Crippen molar-refractivity contribution < 1.29 is 4.52 Å². The van der Waals surface area contributed by atoms with Gasteiger partial charge < -0.3 is 10.3 Å². The highest BCUT2D eigenvalue weighted by Crippen LogP contribution is 2.21. The molecule has 0 bridgehead atoms. The van der Waals surface area contributed by atoms with Crippen LogP contribution in [0.15, 0.2) is 4.52 Å². The molecule has 0 radical (unpaired) electrons. The lowest BCUT2D eigenvalue weighted by Gasteiger charge is -2.30. The molecule has 1 unspecified atom stereocenters. The quantitative estimate of drug-likeness (QED) is 0.924. The van der Waals surface area contributed by atoms with Crippen molar-refractivity contribution in [3.8, 4) is 0 Å². The van der Waals surface area contributed by atoms with Crippen LogP contribution < -0.4 is 5.73 Å². The fourth-order valence-corrected chi connectivity index (χ4v) is 2.31. The molecule has 0 aromatic carbocycles. The minimum absolute atomic E-state index is 0. The van der Waals surface area contributed by atoms with Gasteiger partial charge in [-0.15, -0.1) is 24.8 Å². The Balaban J connectivity index is 0.00000180. The molecular weight excluding hydrogens is 299 g/mol. The number of nitrogens with two attached hydrogens (primary N) is 1. The lowest BCUT2D eigenvalue weighted by molar-refractivity contribution is 0.166. The summed E-state index contributed by atoms with van der Waals surface area (Å²) >= 11 is 0. The number of rotatable bonds is 3. The van der Waals surface area contributed by atoms with Crippen LogP contribution in [0.4, 0.5) is 0 Å². The van der Waals surface area contributed by atoms with Crippen molar-refractivity contribution in [2.75, 3.05) is 19.6 Å². The molecule has 1 aromatic heterocycles. The van der Waals surface area contributed by atoms with Crippen LogP contribution >= 0.6 is 24.8 Å². The van der Waals surface area contributed by atoms with Crippen molar-refractivity contribution in [3.05, 3.63) is 11.7 Å². The molecule has 5 nitrogen and oxygen atoms in total. The Morgan fingerprint density at radius 2 is 2.05 bits per heavy atom. The largest absolute Gasteiger partial charge is 0.339 e. The second-order valence-electron chi connectivity index (χ2n) is 6.24. The van der Waals surface area contributed by atoms with Crippen molar-refractivity contribution in [2.45, 2.75) is 45.6 Å². The van der Waals surface area contributed by atoms with Crippen LogP contribution in [-0.2, 0) is 12.0 Å². The summed E-state index contributed by atoms with van der Waals surface area (Å²) in [5.74, 6) is 2.12. The number of piperidine rings is 1. The van der Waals surface area contributed by atoms with Gasteiger partial charge in [-0.2, -0.15) is 4.98 Å². The van der Waals surface area contributed by atoms with Gasteiger partial charge in [0, 0.05) is 12.0 Å². The monoisotopic (exact) mass is 324 g/mol. The van der Waals surface area contributed by atoms with E-state index in [4.69, 9.17) is 10.3 Å². The SMILES string of the molecule is CC(C)(C)c1nc(CN2CCCC(CN)C2)no1.Cl.Cl. The average molecular weight is 325 g/mol. The Morgan fingerprint density at radius 3 is 2.60 bits per heavy atom. The first-order chi connectivity index (χ1) is 8.49. The third kappa shape index (κ3) is 5.20. The molecule has 0 spiro atoms. The van der Waals surface area contributed by atoms with E-state index in [2.05, 4.69) is 35.8 Å². The van der Waals surface area contributed by atoms with Crippen LogP contribution in [-0.4, -0.2) is 34.7 Å². The summed E-state index contributed by atoms with van der Waals surface area (Å²) in [7, 11) is 0. The molecule has 1 fully saturated rings. The van der Waals surface area contributed by atoms with Gasteiger partial charge in [0.2, 0.25) is 5.89 Å². The molecule has 1 atom stereocenters. The van der Waals surface area contributed by atoms with E-state index in [1.807, 2.05) is 0 Å². The zero-order chi connectivity index (χ0) is 13.2. The molecule has 20 heavy (non-hydrogen) atoms. The Kier molecular flexibility index (Phi) is 8.03. The first-order valence-corrected chi connectivity index (χ1v) is 6.74. The van der Waals surface area contributed by atoms with E-state index in [1.165, 1.54) is 12.8 Å². The molecule has 1 aliphatic heterocycles. The summed E-state index contributed by atoms with van der Waals surface area (Å²) in [6.07, 6.45) is 2.46. The van der Waals surface area contributed by atoms with Gasteiger partial charge in [-0.1, -0.05) is 25.9 Å². The zero-order valence-corrected chi connectivity index (χ0v) is 14.1. The molecule has 0 aliphatic carbocycles. The van der Waals surface area contributed by atoms with Gasteiger partial charge in [-0.3, -0.25) is 4.90 Å². The van der Waals surface area contributed by atoms with E-state index in [0.717, 1.165) is 32.0 Å². The topological polar surface area (TPSA) is 68.2 Å². The molecule has 2 rings (SSSR count). The van der Waals surface area contributed by atoms with E-state index in [9.17, 15) is 0 Å². The van der Waals surface area contributed by atoms with E-state index in [-0.39, 0.29) is 30.2 Å². The third-order valence-corrected chi connectivity index (χ3v) is 3.41. The highest BCUT2D eigenvalue weighted by Gasteiger charge is 2.24. The van der Waals surface area contributed by atoms with Crippen molar-refractivity contribution >= 4 is 24.8 Å². The standard InChI is InChI=1S/C13H24N4O.2ClH/c1-13(2,3)12-15-11(16-18-12)9-17-6-4-5-10(7-14)8-17;;/h10H,4-9,14H2,1-3H3;2*1H. The number of aromatic nitrogens is 2. The molecule has 0 saturated carbocycles. The maximum absolute atomic E-state index is 5.74. The molecule has 7 heteroatoms. The second-order valence-corrected chi connectivity index (χ2v) is 6.24. The van der Waals surface area contributed by atoms with Crippen molar-refractivity contribution in [1.82, 2.24) is 15.0 Å². The Labute approximate surface area is 133 Å². The minimum Gasteiger partial charge on any atom is -0.339 e. The molecule has 2 N–H and O–H groups in total. The molecule has 1 saturated heterocycles. The molecular formula is C13H26Cl2N4O. The summed E-state index contributed by atoms with van der Waals surface area (Å²) < 4.78 is 5.31. The average Bonchev–Trinajstić information content (AvgIpc) is 2.77. The summed E-state index contributed by atoms with van der Waals surface area (Å²) in [6.45, 7) is 9.94. The third-order valence-electron chi connectivity index (χ3n) is 3.41. The Hall–Kier alpha value is -0.360. The van der Waals surface area contributed by atoms with E-state index < -0.39 is 0 Å². The second kappa shape index (κ2) is 8.17. The van der Waals surface area contributed by atoms with Gasteiger partial charge in [0.1, 0.15) is 0 Å². The lowest BCUT2D eigenvalue weighted by Crippen LogP contribution is -2.38. The summed E-state index contributed by atoms with van der Waals surface area (Å²) in [6, 6.07) is 0. The summed E-state index contributed by atoms with van der Waals surface area (Å²) in [5.41, 5.74) is 5.67. The fraction of sp³-hybridized carbons (Fsp3) is 0.846. The predicted molar refractivity (Wildman–Crippen MR) is 84.5 cm³/mol. The molecule has 2 heterocycles. The molecule has 118 valence electrons. The van der Waals surface area contributed by atoms with Crippen molar-refractivity contribution in [2.24, 2.45) is 11.7 Å². The van der Waals surface area contributed by atoms with E-state index >= 15 is 0 Å². The van der Waals surface area contributed by atoms with E-state index in [1.54, 1.807) is 0 Å². The fourth-order valence-electron chi connectivity index (χ4n) is 2.31. The predicted octanol–water partition coefficient (Wildman–Crippen LogP) is 2.38. The van der Waals surface area contributed by atoms with Crippen LogP contribution in [0.2, 0.25) is 0 Å². The first kappa shape index (κ1) is 19.6. The maximum atomic E-state index is 5.74. The molecule has 0 amide bonds. The van der Waals surface area contributed by atoms with Crippen LogP contribution in [0.5, 0.6) is 0 Å². The zero-order valence-electron chi connectivity index (χ0n) is 12.5. The smallest absolute Gasteiger partial charge is 0.232 e. The van der Waals surface area contributed by atoms with Crippen LogP contribution in [0.1, 0.15) is 45.3 Å². The Morgan fingerprint density at radius 1 is 1.35 bits per heavy atom. The molecule has 1 aromatic rings. The lowest BCUT2D eigenvalue weighted by atomic mass is 9.97. The van der Waals surface area contributed by atoms with Gasteiger partial charge in [-0.25, -0.2) is 0 Å². The van der Waals surface area contributed by atoms with Crippen LogP contribution in [0, 0.1) is 5.92 Å². The highest BCUT2D eigenvalue weighted by atomic mass is 35.5. The van der Waals surface area contributed by atoms with Gasteiger partial charge in [-0.05, 0) is 31.8 Å². The Bertz CT molecular complexity index is 392. The molecule has 1 aliphatic rings. The number of nitrogens with zero attached hydrogens (tertiary/aromatic N) is 3. The van der Waals surface area contributed by atoms with Gasteiger partial charge in [0.05, 0.1) is 6.54 Å².